The second-order valence-corrected chi connectivity index (χ2v) is 7.84. The number of halogens is 3. The minimum atomic E-state index is -4.54. The first-order valence-electron chi connectivity index (χ1n) is 9.87. The summed E-state index contributed by atoms with van der Waals surface area (Å²) in [6.07, 6.45) is -0.739. The number of alkyl halides is 3. The molecule has 2 heterocycles. The Morgan fingerprint density at radius 1 is 1.39 bits per heavy atom. The third kappa shape index (κ3) is 4.01. The van der Waals surface area contributed by atoms with E-state index >= 15 is 0 Å². The molecule has 7 nitrogen and oxygen atoms in total. The maximum atomic E-state index is 13.0. The number of nitrogens with zero attached hydrogens (tertiary/aromatic N) is 3. The minimum Gasteiger partial charge on any atom is -0.338 e. The van der Waals surface area contributed by atoms with Crippen LogP contribution < -0.4 is 16.6 Å². The topological polar surface area (TPSA) is 113 Å². The predicted molar refractivity (Wildman–Crippen MR) is 110 cm³/mol. The number of benzene rings is 1. The van der Waals surface area contributed by atoms with Gasteiger partial charge in [-0.2, -0.15) is 23.5 Å². The van der Waals surface area contributed by atoms with Gasteiger partial charge >= 0.3 is 6.18 Å². The van der Waals surface area contributed by atoms with Crippen molar-refractivity contribution in [2.75, 3.05) is 5.32 Å². The van der Waals surface area contributed by atoms with Crippen LogP contribution in [0, 0.1) is 24.2 Å². The largest absolute Gasteiger partial charge is 0.407 e. The lowest BCUT2D eigenvalue weighted by Crippen LogP contribution is -2.29. The van der Waals surface area contributed by atoms with E-state index < -0.39 is 12.2 Å². The molecule has 10 heteroatoms. The van der Waals surface area contributed by atoms with Gasteiger partial charge in [-0.3, -0.25) is 9.48 Å². The maximum Gasteiger partial charge on any atom is 0.407 e. The lowest BCUT2D eigenvalue weighted by molar-refractivity contribution is -0.149. The fraction of sp³-hybridized carbons (Fsp3) is 0.381. The SMILES string of the molecule is Cc1cc(Nc2nn(C(CC#N)C3CC3)c3cc[nH]c(=O)c23)ccc1[C@H](N)C(F)(F)F. The smallest absolute Gasteiger partial charge is 0.338 e. The Labute approximate surface area is 175 Å². The second-order valence-electron chi connectivity index (χ2n) is 7.84. The van der Waals surface area contributed by atoms with Crippen LogP contribution in [0.1, 0.15) is 42.5 Å². The molecule has 0 amide bonds. The molecule has 0 aliphatic heterocycles. The molecule has 1 unspecified atom stereocenters. The quantitative estimate of drug-likeness (QED) is 0.542. The van der Waals surface area contributed by atoms with Crippen LogP contribution in [0.15, 0.2) is 35.3 Å². The Kier molecular flexibility index (Phi) is 5.23. The summed E-state index contributed by atoms with van der Waals surface area (Å²) in [4.78, 5) is 15.2. The molecule has 4 rings (SSSR count). The number of H-pyrrole nitrogens is 1. The van der Waals surface area contributed by atoms with Crippen molar-refractivity contribution in [3.05, 3.63) is 51.9 Å². The molecule has 0 bridgehead atoms. The van der Waals surface area contributed by atoms with Crippen LogP contribution in [-0.4, -0.2) is 20.9 Å². The van der Waals surface area contributed by atoms with Gasteiger partial charge < -0.3 is 16.0 Å². The molecule has 1 aliphatic rings. The van der Waals surface area contributed by atoms with Gasteiger partial charge in [0.1, 0.15) is 11.4 Å². The maximum absolute atomic E-state index is 13.0. The molecule has 1 fully saturated rings. The summed E-state index contributed by atoms with van der Waals surface area (Å²) in [6.45, 7) is 1.55. The second kappa shape index (κ2) is 7.74. The van der Waals surface area contributed by atoms with Crippen LogP contribution in [-0.2, 0) is 0 Å². The highest BCUT2D eigenvalue weighted by molar-refractivity contribution is 5.91. The Morgan fingerprint density at radius 2 is 2.13 bits per heavy atom. The average Bonchev–Trinajstić information content (AvgIpc) is 3.48. The standard InChI is InChI=1S/C21H21F3N6O/c1-11-10-13(4-5-14(11)18(26)21(22,23)24)28-19-17-16(7-9-27-20(17)31)30(29-19)15(6-8-25)12-2-3-12/h4-5,7,9-10,12,15,18H,2-3,6,26H2,1H3,(H,27,31)(H,28,29)/t15?,18-/m0/s1. The van der Waals surface area contributed by atoms with Crippen molar-refractivity contribution < 1.29 is 13.2 Å². The number of aromatic nitrogens is 3. The van der Waals surface area contributed by atoms with Gasteiger partial charge in [0.25, 0.3) is 5.56 Å². The fourth-order valence-corrected chi connectivity index (χ4v) is 3.88. The highest BCUT2D eigenvalue weighted by Gasteiger charge is 2.38. The molecule has 1 saturated carbocycles. The summed E-state index contributed by atoms with van der Waals surface area (Å²) in [6, 6.07) is 6.05. The highest BCUT2D eigenvalue weighted by atomic mass is 19.4. The third-order valence-corrected chi connectivity index (χ3v) is 5.63. The zero-order chi connectivity index (χ0) is 22.3. The number of pyridine rings is 1. The van der Waals surface area contributed by atoms with Crippen molar-refractivity contribution in [1.29, 1.82) is 5.26 Å². The zero-order valence-corrected chi connectivity index (χ0v) is 16.7. The van der Waals surface area contributed by atoms with E-state index in [2.05, 4.69) is 21.5 Å². The van der Waals surface area contributed by atoms with Gasteiger partial charge in [-0.25, -0.2) is 0 Å². The number of aromatic amines is 1. The number of rotatable bonds is 6. The van der Waals surface area contributed by atoms with Gasteiger partial charge in [0.05, 0.1) is 24.0 Å². The molecule has 2 atom stereocenters. The number of fused-ring (bicyclic) bond motifs is 1. The summed E-state index contributed by atoms with van der Waals surface area (Å²) < 4.78 is 40.7. The van der Waals surface area contributed by atoms with Gasteiger partial charge in [-0.15, -0.1) is 0 Å². The monoisotopic (exact) mass is 430 g/mol. The first-order valence-corrected chi connectivity index (χ1v) is 9.87. The number of nitriles is 1. The van der Waals surface area contributed by atoms with Crippen molar-refractivity contribution >= 4 is 22.4 Å². The molecule has 2 aromatic heterocycles. The molecule has 162 valence electrons. The fourth-order valence-electron chi connectivity index (χ4n) is 3.88. The summed E-state index contributed by atoms with van der Waals surface area (Å²) in [5.41, 5.74) is 6.43. The normalized spacial score (nSPS) is 16.1. The van der Waals surface area contributed by atoms with Crippen LogP contribution >= 0.6 is 0 Å². The van der Waals surface area contributed by atoms with Crippen molar-refractivity contribution in [3.8, 4) is 6.07 Å². The Balaban J connectivity index is 1.73. The number of nitrogens with one attached hydrogen (secondary N) is 2. The molecule has 31 heavy (non-hydrogen) atoms. The van der Waals surface area contributed by atoms with Crippen LogP contribution in [0.4, 0.5) is 24.7 Å². The third-order valence-electron chi connectivity index (χ3n) is 5.63. The molecular weight excluding hydrogens is 409 g/mol. The van der Waals surface area contributed by atoms with Crippen LogP contribution in [0.25, 0.3) is 10.9 Å². The van der Waals surface area contributed by atoms with Crippen molar-refractivity contribution in [1.82, 2.24) is 14.8 Å². The van der Waals surface area contributed by atoms with Crippen LogP contribution in [0.2, 0.25) is 0 Å². The van der Waals surface area contributed by atoms with E-state index in [0.29, 0.717) is 28.1 Å². The van der Waals surface area contributed by atoms with Gasteiger partial charge in [-0.05, 0) is 55.0 Å². The van der Waals surface area contributed by atoms with Gasteiger partial charge in [0.15, 0.2) is 5.82 Å². The van der Waals surface area contributed by atoms with E-state index in [4.69, 9.17) is 5.73 Å². The Hall–Kier alpha value is -3.32. The predicted octanol–water partition coefficient (Wildman–Crippen LogP) is 4.20. The van der Waals surface area contributed by atoms with E-state index in [-0.39, 0.29) is 29.4 Å². The van der Waals surface area contributed by atoms with E-state index in [0.717, 1.165) is 12.8 Å². The zero-order valence-electron chi connectivity index (χ0n) is 16.7. The minimum absolute atomic E-state index is 0.0193. The summed E-state index contributed by atoms with van der Waals surface area (Å²) in [5, 5.41) is 17.2. The van der Waals surface area contributed by atoms with E-state index in [1.54, 1.807) is 17.7 Å². The summed E-state index contributed by atoms with van der Waals surface area (Å²) in [7, 11) is 0. The molecular formula is C21H21F3N6O. The van der Waals surface area contributed by atoms with Crippen LogP contribution in [0.3, 0.4) is 0 Å². The van der Waals surface area contributed by atoms with Gasteiger partial charge in [0, 0.05) is 11.9 Å². The molecule has 0 radical (unpaired) electrons. The number of hydrogen-bond acceptors (Lipinski definition) is 5. The lowest BCUT2D eigenvalue weighted by Gasteiger charge is -2.18. The summed E-state index contributed by atoms with van der Waals surface area (Å²) in [5.74, 6) is 0.619. The Bertz CT molecular complexity index is 1220. The molecule has 1 aliphatic carbocycles. The lowest BCUT2D eigenvalue weighted by atomic mass is 10.0. The van der Waals surface area contributed by atoms with Gasteiger partial charge in [-0.1, -0.05) is 6.07 Å². The number of anilines is 2. The first-order chi connectivity index (χ1) is 14.7. The average molecular weight is 430 g/mol. The molecule has 1 aromatic carbocycles. The number of aryl methyl sites for hydroxylation is 1. The van der Waals surface area contributed by atoms with Crippen molar-refractivity contribution in [2.45, 2.75) is 44.4 Å². The summed E-state index contributed by atoms with van der Waals surface area (Å²) >= 11 is 0. The first kappa shape index (κ1) is 20.9. The molecule has 4 N–H and O–H groups in total. The van der Waals surface area contributed by atoms with E-state index in [9.17, 15) is 23.2 Å². The van der Waals surface area contributed by atoms with Crippen LogP contribution in [0.5, 0.6) is 0 Å². The molecule has 3 aromatic rings. The Morgan fingerprint density at radius 3 is 2.74 bits per heavy atom. The molecule has 0 spiro atoms. The number of nitrogens with two attached hydrogens (primary N) is 1. The highest BCUT2D eigenvalue weighted by Crippen LogP contribution is 2.43. The van der Waals surface area contributed by atoms with Crippen molar-refractivity contribution in [2.24, 2.45) is 11.7 Å². The van der Waals surface area contributed by atoms with E-state index in [1.807, 2.05) is 0 Å². The molecule has 0 saturated heterocycles. The van der Waals surface area contributed by atoms with Gasteiger partial charge in [0.2, 0.25) is 0 Å². The van der Waals surface area contributed by atoms with E-state index in [1.165, 1.54) is 24.4 Å². The number of hydrogen-bond donors (Lipinski definition) is 3. The van der Waals surface area contributed by atoms with Crippen molar-refractivity contribution in [3.63, 3.8) is 0 Å².